The molecule has 0 saturated carbocycles. The van der Waals surface area contributed by atoms with E-state index in [1.165, 1.54) is 14.0 Å². The molecule has 1 aromatic rings. The number of sulfonamides is 1. The molecule has 0 bridgehead atoms. The fourth-order valence-electron chi connectivity index (χ4n) is 2.14. The molecule has 1 atom stereocenters. The second kappa shape index (κ2) is 5.69. The van der Waals surface area contributed by atoms with Crippen LogP contribution in [-0.4, -0.2) is 54.9 Å². The van der Waals surface area contributed by atoms with E-state index in [0.717, 1.165) is 23.8 Å². The molecule has 7 nitrogen and oxygen atoms in total. The summed E-state index contributed by atoms with van der Waals surface area (Å²) in [6.45, 7) is 1.33. The van der Waals surface area contributed by atoms with E-state index < -0.39 is 38.8 Å². The summed E-state index contributed by atoms with van der Waals surface area (Å²) in [6.07, 6.45) is 0. The maximum atomic E-state index is 13.2. The van der Waals surface area contributed by atoms with Gasteiger partial charge < -0.3 is 0 Å². The molecule has 0 aromatic heterocycles. The topological polar surface area (TPSA) is 86.6 Å². The molecule has 0 radical (unpaired) electrons. The third kappa shape index (κ3) is 2.93. The maximum absolute atomic E-state index is 13.2. The Kier molecular flexibility index (Phi) is 4.20. The zero-order valence-electron chi connectivity index (χ0n) is 12.5. The monoisotopic (exact) mass is 346 g/mol. The van der Waals surface area contributed by atoms with Gasteiger partial charge in [0.25, 0.3) is 10.0 Å². The highest BCUT2D eigenvalue weighted by Gasteiger charge is 2.50. The van der Waals surface area contributed by atoms with Crippen LogP contribution >= 0.6 is 0 Å². The number of halogens is 2. The largest absolute Gasteiger partial charge is 0.500 e. The van der Waals surface area contributed by atoms with E-state index in [2.05, 4.69) is 0 Å². The smallest absolute Gasteiger partial charge is 0.282 e. The van der Waals surface area contributed by atoms with Crippen LogP contribution in [0.4, 0.5) is 19.3 Å². The molecule has 1 aromatic carbocycles. The molecule has 1 heterocycles. The average Bonchev–Trinajstić information content (AvgIpc) is 2.46. The first-order valence-corrected chi connectivity index (χ1v) is 7.96. The van der Waals surface area contributed by atoms with E-state index in [4.69, 9.17) is 0 Å². The molecule has 0 spiro atoms. The van der Waals surface area contributed by atoms with Gasteiger partial charge in [-0.3, -0.25) is 4.72 Å². The lowest BCUT2D eigenvalue weighted by Crippen LogP contribution is -2.57. The van der Waals surface area contributed by atoms with Crippen molar-refractivity contribution in [2.24, 2.45) is 0 Å². The molecule has 2 rings (SSSR count). The zero-order valence-corrected chi connectivity index (χ0v) is 13.3. The van der Waals surface area contributed by atoms with Crippen LogP contribution in [0.2, 0.25) is 0 Å². The molecule has 0 aliphatic carbocycles. The molecular weight excluding hydrogens is 332 g/mol. The number of rotatable bonds is 3. The summed E-state index contributed by atoms with van der Waals surface area (Å²) in [4.78, 5) is 24.6. The van der Waals surface area contributed by atoms with Crippen molar-refractivity contribution in [2.75, 3.05) is 18.8 Å². The van der Waals surface area contributed by atoms with E-state index in [9.17, 15) is 26.8 Å². The number of urea groups is 1. The predicted molar refractivity (Wildman–Crippen MR) is 77.7 cm³/mol. The lowest BCUT2D eigenvalue weighted by Gasteiger charge is -2.23. The first-order valence-electron chi connectivity index (χ1n) is 6.41. The van der Waals surface area contributed by atoms with Crippen molar-refractivity contribution in [3.8, 4) is 0 Å². The lowest BCUT2D eigenvalue weighted by atomic mass is 10.2. The van der Waals surface area contributed by atoms with Crippen molar-refractivity contribution in [1.82, 2.24) is 4.90 Å². The lowest BCUT2D eigenvalue weighted by molar-refractivity contribution is -0.405. The van der Waals surface area contributed by atoms with Gasteiger partial charge in [0.05, 0.1) is 19.8 Å². The van der Waals surface area contributed by atoms with Gasteiger partial charge in [-0.25, -0.2) is 22.0 Å². The fourth-order valence-corrected chi connectivity index (χ4v) is 3.74. The van der Waals surface area contributed by atoms with Gasteiger partial charge >= 0.3 is 11.9 Å². The van der Waals surface area contributed by atoms with Crippen molar-refractivity contribution in [1.29, 1.82) is 0 Å². The van der Waals surface area contributed by atoms with E-state index in [0.29, 0.717) is 11.0 Å². The number of hydrogen-bond donors (Lipinski definition) is 1. The Balaban J connectivity index is 2.44. The van der Waals surface area contributed by atoms with Gasteiger partial charge in [-0.05, 0) is 19.1 Å². The average molecular weight is 346 g/mol. The van der Waals surface area contributed by atoms with Gasteiger partial charge in [0.15, 0.2) is 11.6 Å². The summed E-state index contributed by atoms with van der Waals surface area (Å²) in [7, 11) is -1.82. The quantitative estimate of drug-likeness (QED) is 0.819. The molecule has 0 saturated heterocycles. The summed E-state index contributed by atoms with van der Waals surface area (Å²) >= 11 is 0. The molecule has 0 fully saturated rings. The van der Waals surface area contributed by atoms with Crippen LogP contribution in [0.3, 0.4) is 0 Å². The number of carbonyl (C=O) groups excluding carboxylic acids is 2. The van der Waals surface area contributed by atoms with Crippen LogP contribution in [0.1, 0.15) is 6.92 Å². The minimum absolute atomic E-state index is 0.00758. The summed E-state index contributed by atoms with van der Waals surface area (Å²) in [5.74, 6) is -3.29. The van der Waals surface area contributed by atoms with Gasteiger partial charge in [0, 0.05) is 6.07 Å². The highest BCUT2D eigenvalue weighted by molar-refractivity contribution is 7.94. The molecule has 124 valence electrons. The van der Waals surface area contributed by atoms with E-state index in [-0.39, 0.29) is 11.4 Å². The van der Waals surface area contributed by atoms with Crippen molar-refractivity contribution in [2.45, 2.75) is 12.2 Å². The first-order chi connectivity index (χ1) is 10.6. The predicted octanol–water partition coefficient (Wildman–Crippen LogP) is 0.770. The maximum Gasteiger partial charge on any atom is 0.500 e. The first kappa shape index (κ1) is 17.0. The van der Waals surface area contributed by atoms with Crippen molar-refractivity contribution in [3.63, 3.8) is 0 Å². The Morgan fingerprint density at radius 1 is 1.22 bits per heavy atom. The van der Waals surface area contributed by atoms with Crippen LogP contribution in [0.25, 0.3) is 0 Å². The number of carbonyl (C=O) groups is 2. The second-order valence-electron chi connectivity index (χ2n) is 5.04. The van der Waals surface area contributed by atoms with Gasteiger partial charge in [0.1, 0.15) is 5.71 Å². The number of anilines is 1. The van der Waals surface area contributed by atoms with Gasteiger partial charge in [-0.2, -0.15) is 14.3 Å². The van der Waals surface area contributed by atoms with Crippen LogP contribution in [0, 0.1) is 11.6 Å². The van der Waals surface area contributed by atoms with Crippen molar-refractivity contribution < 1.29 is 31.4 Å². The molecular formula is C13H14F2N3O4S+. The number of amides is 3. The fraction of sp³-hybridized carbons (Fsp3) is 0.308. The van der Waals surface area contributed by atoms with E-state index in [1.54, 1.807) is 0 Å². The third-order valence-corrected chi connectivity index (χ3v) is 5.21. The minimum atomic E-state index is -4.31. The van der Waals surface area contributed by atoms with E-state index in [1.807, 2.05) is 4.72 Å². The molecule has 23 heavy (non-hydrogen) atoms. The number of imide groups is 1. The third-order valence-electron chi connectivity index (χ3n) is 3.53. The summed E-state index contributed by atoms with van der Waals surface area (Å²) < 4.78 is 54.0. The standard InChI is InChI=1S/C13H14F2N3O4S/c1-7-11(12(19)18(3)13(20)17(7)2)23(21,22)16-8-4-5-9(14)10(15)6-8/h4-6,11,16H,1-3H3/q+1. The molecule has 3 amide bonds. The Morgan fingerprint density at radius 2 is 1.83 bits per heavy atom. The van der Waals surface area contributed by atoms with Crippen LogP contribution in [-0.2, 0) is 14.8 Å². The van der Waals surface area contributed by atoms with Gasteiger partial charge in [-0.1, -0.05) is 0 Å². The summed E-state index contributed by atoms with van der Waals surface area (Å²) in [6, 6.07) is 1.78. The summed E-state index contributed by atoms with van der Waals surface area (Å²) in [5, 5.41) is -1.65. The second-order valence-corrected chi connectivity index (χ2v) is 6.80. The number of benzene rings is 1. The SMILES string of the molecule is CC1=[N+](C)C(=O)N(C)C(=O)C1S(=O)(=O)Nc1ccc(F)c(F)c1. The van der Waals surface area contributed by atoms with Crippen LogP contribution in [0.15, 0.2) is 18.2 Å². The Morgan fingerprint density at radius 3 is 2.39 bits per heavy atom. The highest BCUT2D eigenvalue weighted by Crippen LogP contribution is 2.19. The Bertz CT molecular complexity index is 836. The van der Waals surface area contributed by atoms with Crippen molar-refractivity contribution in [3.05, 3.63) is 29.8 Å². The van der Waals surface area contributed by atoms with Crippen LogP contribution in [0.5, 0.6) is 0 Å². The molecule has 1 unspecified atom stereocenters. The number of nitrogens with one attached hydrogen (secondary N) is 1. The van der Waals surface area contributed by atoms with E-state index >= 15 is 0 Å². The highest BCUT2D eigenvalue weighted by atomic mass is 32.2. The summed E-state index contributed by atoms with van der Waals surface area (Å²) in [5.41, 5.74) is -0.222. The van der Waals surface area contributed by atoms with Gasteiger partial charge in [-0.15, -0.1) is 0 Å². The van der Waals surface area contributed by atoms with Crippen molar-refractivity contribution >= 4 is 33.4 Å². The molecule has 1 N–H and O–H groups in total. The number of nitrogens with zero attached hydrogens (tertiary/aromatic N) is 2. The number of hydrogen-bond acceptors (Lipinski definition) is 4. The minimum Gasteiger partial charge on any atom is -0.282 e. The van der Waals surface area contributed by atoms with Gasteiger partial charge in [0.2, 0.25) is 5.25 Å². The molecule has 10 heteroatoms. The zero-order chi connectivity index (χ0) is 17.5. The van der Waals surface area contributed by atoms with Crippen LogP contribution < -0.4 is 4.72 Å². The normalized spacial score (nSPS) is 19.3. The molecule has 1 aliphatic rings. The Hall–Kier alpha value is -2.36. The Labute approximate surface area is 131 Å². The molecule has 1 aliphatic heterocycles.